The Morgan fingerprint density at radius 2 is 1.40 bits per heavy atom. The summed E-state index contributed by atoms with van der Waals surface area (Å²) in [4.78, 5) is 2.51. The number of ether oxygens (including phenoxy) is 1. The molecule has 2 heteroatoms. The zero-order chi connectivity index (χ0) is 20.2. The van der Waals surface area contributed by atoms with Crippen LogP contribution in [-0.4, -0.2) is 37.7 Å². The van der Waals surface area contributed by atoms with Crippen molar-refractivity contribution in [3.05, 3.63) is 102 Å². The monoisotopic (exact) mass is 393 g/mol. The van der Waals surface area contributed by atoms with Crippen LogP contribution < -0.4 is 0 Å². The fourth-order valence-corrected chi connectivity index (χ4v) is 4.46. The van der Waals surface area contributed by atoms with Gasteiger partial charge >= 0.3 is 0 Å². The molecule has 1 aliphatic carbocycles. The van der Waals surface area contributed by atoms with E-state index in [9.17, 15) is 0 Å². The molecule has 0 radical (unpaired) electrons. The van der Waals surface area contributed by atoms with Crippen LogP contribution in [0.5, 0.6) is 0 Å². The van der Waals surface area contributed by atoms with Crippen molar-refractivity contribution in [3.8, 4) is 11.1 Å². The topological polar surface area (TPSA) is 12.5 Å². The number of rotatable bonds is 5. The Hall–Kier alpha value is -2.94. The molecule has 3 aromatic carbocycles. The summed E-state index contributed by atoms with van der Waals surface area (Å²) in [6, 6.07) is 28.2. The molecular formula is C28H27NO. The van der Waals surface area contributed by atoms with Crippen LogP contribution >= 0.6 is 0 Å². The van der Waals surface area contributed by atoms with E-state index in [-0.39, 0.29) is 0 Å². The van der Waals surface area contributed by atoms with Crippen LogP contribution in [0.25, 0.3) is 28.3 Å². The van der Waals surface area contributed by atoms with Gasteiger partial charge in [0.15, 0.2) is 0 Å². The molecule has 1 fully saturated rings. The molecular weight excluding hydrogens is 366 g/mol. The van der Waals surface area contributed by atoms with Gasteiger partial charge in [0, 0.05) is 19.6 Å². The summed E-state index contributed by atoms with van der Waals surface area (Å²) in [6.07, 6.45) is 5.82. The molecule has 0 bridgehead atoms. The summed E-state index contributed by atoms with van der Waals surface area (Å²) in [7, 11) is 0. The van der Waals surface area contributed by atoms with Crippen molar-refractivity contribution in [1.29, 1.82) is 0 Å². The van der Waals surface area contributed by atoms with Crippen LogP contribution in [0.2, 0.25) is 0 Å². The van der Waals surface area contributed by atoms with Crippen LogP contribution in [0.1, 0.15) is 23.1 Å². The highest BCUT2D eigenvalue weighted by molar-refractivity contribution is 6.02. The van der Waals surface area contributed by atoms with E-state index in [0.717, 1.165) is 39.3 Å². The number of hydrogen-bond acceptors (Lipinski definition) is 2. The highest BCUT2D eigenvalue weighted by Crippen LogP contribution is 2.39. The molecule has 3 aromatic rings. The zero-order valence-electron chi connectivity index (χ0n) is 17.3. The first kappa shape index (κ1) is 19.0. The molecule has 0 saturated carbocycles. The van der Waals surface area contributed by atoms with Gasteiger partial charge < -0.3 is 4.74 Å². The predicted molar refractivity (Wildman–Crippen MR) is 126 cm³/mol. The molecule has 0 atom stereocenters. The molecule has 0 unspecified atom stereocenters. The molecule has 1 saturated heterocycles. The number of fused-ring (bicyclic) bond motifs is 1. The molecule has 0 aromatic heterocycles. The van der Waals surface area contributed by atoms with Crippen molar-refractivity contribution in [1.82, 2.24) is 4.90 Å². The number of morpholine rings is 1. The molecule has 2 nitrogen and oxygen atoms in total. The molecule has 150 valence electrons. The second kappa shape index (κ2) is 8.83. The lowest BCUT2D eigenvalue weighted by atomic mass is 9.96. The Morgan fingerprint density at radius 3 is 2.20 bits per heavy atom. The molecule has 30 heavy (non-hydrogen) atoms. The first-order chi connectivity index (χ1) is 14.9. The van der Waals surface area contributed by atoms with Gasteiger partial charge in [-0.3, -0.25) is 4.90 Å². The second-order valence-electron chi connectivity index (χ2n) is 7.97. The van der Waals surface area contributed by atoms with E-state index in [0.29, 0.717) is 0 Å². The maximum atomic E-state index is 5.49. The summed E-state index contributed by atoms with van der Waals surface area (Å²) in [5, 5.41) is 0. The van der Waals surface area contributed by atoms with Crippen molar-refractivity contribution in [2.75, 3.05) is 32.8 Å². The standard InChI is InChI=1S/C28H27NO/c1-2-8-22(9-3-1)26-11-5-4-10-23(26)20-25-21-24(27-12-6-7-13-28(25)27)14-15-29-16-18-30-19-17-29/h1-13,20-21H,14-19H2. The Kier molecular flexibility index (Phi) is 5.60. The van der Waals surface area contributed by atoms with Gasteiger partial charge in [-0.05, 0) is 51.5 Å². The average molecular weight is 394 g/mol. The smallest absolute Gasteiger partial charge is 0.0594 e. The van der Waals surface area contributed by atoms with Crippen LogP contribution in [-0.2, 0) is 4.74 Å². The lowest BCUT2D eigenvalue weighted by molar-refractivity contribution is 0.0390. The third-order valence-corrected chi connectivity index (χ3v) is 6.07. The van der Waals surface area contributed by atoms with Gasteiger partial charge in [0.25, 0.3) is 0 Å². The average Bonchev–Trinajstić information content (AvgIpc) is 3.17. The molecule has 1 heterocycles. The third kappa shape index (κ3) is 4.02. The van der Waals surface area contributed by atoms with Crippen molar-refractivity contribution in [2.24, 2.45) is 0 Å². The van der Waals surface area contributed by atoms with Gasteiger partial charge in [-0.1, -0.05) is 84.9 Å². The Morgan fingerprint density at radius 1 is 0.733 bits per heavy atom. The fraction of sp³-hybridized carbons (Fsp3) is 0.214. The summed E-state index contributed by atoms with van der Waals surface area (Å²) in [5.74, 6) is 0. The SMILES string of the molecule is C(=C1C=C(CCN2CCOCC2)c2ccccc21)c1ccccc1-c1ccccc1. The van der Waals surface area contributed by atoms with E-state index in [1.54, 1.807) is 0 Å². The maximum absolute atomic E-state index is 5.49. The first-order valence-electron chi connectivity index (χ1n) is 10.8. The summed E-state index contributed by atoms with van der Waals surface area (Å²) >= 11 is 0. The van der Waals surface area contributed by atoms with Crippen LogP contribution in [0.4, 0.5) is 0 Å². The molecule has 0 N–H and O–H groups in total. The zero-order valence-corrected chi connectivity index (χ0v) is 17.3. The molecule has 5 rings (SSSR count). The maximum Gasteiger partial charge on any atom is 0.0594 e. The molecule has 2 aliphatic rings. The van der Waals surface area contributed by atoms with Gasteiger partial charge in [0.2, 0.25) is 0 Å². The van der Waals surface area contributed by atoms with Gasteiger partial charge in [-0.25, -0.2) is 0 Å². The Bertz CT molecular complexity index is 1070. The van der Waals surface area contributed by atoms with Crippen molar-refractivity contribution in [2.45, 2.75) is 6.42 Å². The van der Waals surface area contributed by atoms with E-state index in [2.05, 4.69) is 95.9 Å². The summed E-state index contributed by atoms with van der Waals surface area (Å²) < 4.78 is 5.49. The van der Waals surface area contributed by atoms with Gasteiger partial charge in [-0.2, -0.15) is 0 Å². The lowest BCUT2D eigenvalue weighted by Gasteiger charge is -2.26. The fourth-order valence-electron chi connectivity index (χ4n) is 4.46. The number of benzene rings is 3. The minimum absolute atomic E-state index is 0.858. The van der Waals surface area contributed by atoms with Crippen molar-refractivity contribution < 1.29 is 4.74 Å². The van der Waals surface area contributed by atoms with Crippen LogP contribution in [0, 0.1) is 0 Å². The lowest BCUT2D eigenvalue weighted by Crippen LogP contribution is -2.36. The number of nitrogens with zero attached hydrogens (tertiary/aromatic N) is 1. The van der Waals surface area contributed by atoms with Crippen LogP contribution in [0.15, 0.2) is 84.9 Å². The Balaban J connectivity index is 1.47. The number of allylic oxidation sites excluding steroid dienone is 2. The first-order valence-corrected chi connectivity index (χ1v) is 10.8. The molecule has 0 amide bonds. The predicted octanol–water partition coefficient (Wildman–Crippen LogP) is 6.01. The van der Waals surface area contributed by atoms with Gasteiger partial charge in [0.05, 0.1) is 13.2 Å². The van der Waals surface area contributed by atoms with Gasteiger partial charge in [0.1, 0.15) is 0 Å². The number of hydrogen-bond donors (Lipinski definition) is 0. The highest BCUT2D eigenvalue weighted by atomic mass is 16.5. The molecule has 0 spiro atoms. The quantitative estimate of drug-likeness (QED) is 0.526. The largest absolute Gasteiger partial charge is 0.379 e. The molecule has 1 aliphatic heterocycles. The van der Waals surface area contributed by atoms with Gasteiger partial charge in [-0.15, -0.1) is 0 Å². The van der Waals surface area contributed by atoms with Crippen molar-refractivity contribution >= 4 is 17.2 Å². The second-order valence-corrected chi connectivity index (χ2v) is 7.97. The summed E-state index contributed by atoms with van der Waals surface area (Å²) in [5.41, 5.74) is 9.28. The normalized spacial score (nSPS) is 17.7. The van der Waals surface area contributed by atoms with E-state index in [1.807, 2.05) is 0 Å². The van der Waals surface area contributed by atoms with E-state index in [1.165, 1.54) is 39.0 Å². The van der Waals surface area contributed by atoms with E-state index in [4.69, 9.17) is 4.74 Å². The van der Waals surface area contributed by atoms with Crippen molar-refractivity contribution in [3.63, 3.8) is 0 Å². The van der Waals surface area contributed by atoms with E-state index >= 15 is 0 Å². The van der Waals surface area contributed by atoms with Crippen LogP contribution in [0.3, 0.4) is 0 Å². The summed E-state index contributed by atoms with van der Waals surface area (Å²) in [6.45, 7) is 4.90. The third-order valence-electron chi connectivity index (χ3n) is 6.07. The highest BCUT2D eigenvalue weighted by Gasteiger charge is 2.19. The Labute approximate surface area is 179 Å². The minimum atomic E-state index is 0.858. The van der Waals surface area contributed by atoms with E-state index < -0.39 is 0 Å². The minimum Gasteiger partial charge on any atom is -0.379 e.